The summed E-state index contributed by atoms with van der Waals surface area (Å²) in [5.74, 6) is 1.97. The molecule has 7 nitrogen and oxygen atoms in total. The number of guanidine groups is 1. The van der Waals surface area contributed by atoms with Crippen molar-refractivity contribution in [2.45, 2.75) is 24.6 Å². The molecule has 0 aliphatic carbocycles. The van der Waals surface area contributed by atoms with Gasteiger partial charge in [-0.1, -0.05) is 30.3 Å². The number of aliphatic imine (C=N–C) groups is 1. The highest BCUT2D eigenvalue weighted by molar-refractivity contribution is 14.0. The number of benzene rings is 1. The van der Waals surface area contributed by atoms with Crippen LogP contribution in [0.3, 0.4) is 0 Å². The third-order valence-electron chi connectivity index (χ3n) is 4.59. The maximum Gasteiger partial charge on any atom is 0.233 e. The molecule has 1 aromatic carbocycles. The maximum absolute atomic E-state index is 12.2. The second-order valence-electron chi connectivity index (χ2n) is 6.64. The van der Waals surface area contributed by atoms with Crippen molar-refractivity contribution in [1.29, 1.82) is 0 Å². The smallest absolute Gasteiger partial charge is 0.233 e. The molecule has 1 atom stereocenters. The van der Waals surface area contributed by atoms with Gasteiger partial charge < -0.3 is 16.0 Å². The lowest BCUT2D eigenvalue weighted by molar-refractivity contribution is -0.122. The van der Waals surface area contributed by atoms with E-state index in [4.69, 9.17) is 0 Å². The van der Waals surface area contributed by atoms with Crippen LogP contribution < -0.4 is 16.0 Å². The molecule has 0 spiro atoms. The Balaban J connectivity index is 0.00000392. The first kappa shape index (κ1) is 24.8. The molecule has 1 amide bonds. The van der Waals surface area contributed by atoms with E-state index in [1.807, 2.05) is 30.3 Å². The van der Waals surface area contributed by atoms with Gasteiger partial charge >= 0.3 is 0 Å². The number of hydrogen-bond acceptors (Lipinski definition) is 4. The van der Waals surface area contributed by atoms with Gasteiger partial charge in [0.1, 0.15) is 0 Å². The van der Waals surface area contributed by atoms with Crippen LogP contribution in [0, 0.1) is 0 Å². The summed E-state index contributed by atoms with van der Waals surface area (Å²) >= 11 is 0. The number of rotatable bonds is 8. The van der Waals surface area contributed by atoms with E-state index in [0.29, 0.717) is 30.6 Å². The molecule has 0 saturated carbocycles. The summed E-state index contributed by atoms with van der Waals surface area (Å²) in [7, 11) is 2.52. The van der Waals surface area contributed by atoms with Gasteiger partial charge in [-0.25, -0.2) is 0 Å². The molecule has 1 heterocycles. The molecule has 1 aromatic rings. The van der Waals surface area contributed by atoms with Crippen LogP contribution in [0.1, 0.15) is 18.4 Å². The van der Waals surface area contributed by atoms with Crippen molar-refractivity contribution >= 4 is 46.6 Å². The molecule has 1 aliphatic rings. The van der Waals surface area contributed by atoms with Crippen molar-refractivity contribution in [1.82, 2.24) is 20.9 Å². The van der Waals surface area contributed by atoms with E-state index in [1.54, 1.807) is 14.1 Å². The lowest BCUT2D eigenvalue weighted by Gasteiger charge is -2.32. The Labute approximate surface area is 187 Å². The van der Waals surface area contributed by atoms with Crippen LogP contribution in [0.5, 0.6) is 0 Å². The van der Waals surface area contributed by atoms with E-state index in [0.717, 1.165) is 37.5 Å². The number of hydrogen-bond donors (Lipinski definition) is 3. The lowest BCUT2D eigenvalue weighted by atomic mass is 10.1. The first-order valence-electron chi connectivity index (χ1n) is 9.39. The lowest BCUT2D eigenvalue weighted by Crippen LogP contribution is -2.50. The second kappa shape index (κ2) is 13.9. The van der Waals surface area contributed by atoms with Crippen molar-refractivity contribution in [3.05, 3.63) is 35.9 Å². The summed E-state index contributed by atoms with van der Waals surface area (Å²) in [6, 6.07) is 10.2. The van der Waals surface area contributed by atoms with Gasteiger partial charge in [0.15, 0.2) is 5.96 Å². The molecule has 1 unspecified atom stereocenters. The maximum atomic E-state index is 12.2. The van der Waals surface area contributed by atoms with Crippen LogP contribution in [0.2, 0.25) is 0 Å². The molecule has 0 radical (unpaired) electrons. The predicted molar refractivity (Wildman–Crippen MR) is 127 cm³/mol. The van der Waals surface area contributed by atoms with Crippen LogP contribution in [0.4, 0.5) is 0 Å². The number of likely N-dealkylation sites (tertiary alicyclic amines) is 1. The number of nitrogens with one attached hydrogen (secondary N) is 3. The second-order valence-corrected chi connectivity index (χ2v) is 8.22. The minimum Gasteiger partial charge on any atom is -0.358 e. The number of halogens is 1. The fourth-order valence-electron chi connectivity index (χ4n) is 3.02. The van der Waals surface area contributed by atoms with Crippen LogP contribution in [-0.4, -0.2) is 73.0 Å². The first-order valence-corrected chi connectivity index (χ1v) is 10.9. The molecule has 0 bridgehead atoms. The normalized spacial score (nSPS) is 16.7. The highest BCUT2D eigenvalue weighted by Gasteiger charge is 2.21. The minimum absolute atomic E-state index is 0. The highest BCUT2D eigenvalue weighted by atomic mass is 127. The molecule has 158 valence electrons. The van der Waals surface area contributed by atoms with Gasteiger partial charge in [0.2, 0.25) is 5.91 Å². The summed E-state index contributed by atoms with van der Waals surface area (Å²) in [5.41, 5.74) is 1.10. The van der Waals surface area contributed by atoms with E-state index in [2.05, 4.69) is 25.8 Å². The Morgan fingerprint density at radius 1 is 1.25 bits per heavy atom. The molecule has 28 heavy (non-hydrogen) atoms. The fraction of sp³-hybridized carbons (Fsp3) is 0.579. The summed E-state index contributed by atoms with van der Waals surface area (Å²) in [6.45, 7) is 2.87. The number of nitrogens with zero attached hydrogens (tertiary/aromatic N) is 2. The predicted octanol–water partition coefficient (Wildman–Crippen LogP) is 0.929. The molecule has 9 heteroatoms. The van der Waals surface area contributed by atoms with Crippen LogP contribution >= 0.6 is 24.0 Å². The van der Waals surface area contributed by atoms with E-state index in [-0.39, 0.29) is 29.9 Å². The first-order chi connectivity index (χ1) is 13.1. The number of carbonyl (C=O) groups is 1. The topological polar surface area (TPSA) is 85.8 Å². The quantitative estimate of drug-likeness (QED) is 0.269. The van der Waals surface area contributed by atoms with E-state index in [1.165, 1.54) is 0 Å². The molecule has 0 aromatic heterocycles. The van der Waals surface area contributed by atoms with Crippen LogP contribution in [0.15, 0.2) is 35.3 Å². The monoisotopic (exact) mass is 521 g/mol. The molecule has 1 saturated heterocycles. The zero-order valence-electron chi connectivity index (χ0n) is 16.6. The molecule has 1 aliphatic heterocycles. The van der Waals surface area contributed by atoms with Crippen LogP contribution in [-0.2, 0) is 21.3 Å². The molecular formula is C19H32IN5O2S. The standard InChI is InChI=1S/C19H31N5O2S.HI/c1-20-18(25)14-24-11-8-17(9-12-24)23-19(21-2)22-10-13-27(26)15-16-6-4-3-5-7-16;/h3-7,17H,8-15H2,1-2H3,(H,20,25)(H2,21,22,23);1H. The van der Waals surface area contributed by atoms with Crippen LogP contribution in [0.25, 0.3) is 0 Å². The Morgan fingerprint density at radius 2 is 1.93 bits per heavy atom. The summed E-state index contributed by atoms with van der Waals surface area (Å²) < 4.78 is 12.2. The summed E-state index contributed by atoms with van der Waals surface area (Å²) in [6.07, 6.45) is 1.94. The van der Waals surface area contributed by atoms with Crippen molar-refractivity contribution in [2.75, 3.05) is 46.0 Å². The van der Waals surface area contributed by atoms with Gasteiger partial charge in [-0.05, 0) is 18.4 Å². The third kappa shape index (κ3) is 9.33. The van der Waals surface area contributed by atoms with Crippen molar-refractivity contribution < 1.29 is 9.00 Å². The SMILES string of the molecule is CN=C(NCCS(=O)Cc1ccccc1)NC1CCN(CC(=O)NC)CC1.I. The molecule has 1 fully saturated rings. The van der Waals surface area contributed by atoms with Gasteiger partial charge in [0.25, 0.3) is 0 Å². The Bertz CT molecular complexity index is 636. The fourth-order valence-corrected chi connectivity index (χ4v) is 4.06. The largest absolute Gasteiger partial charge is 0.358 e. The number of likely N-dealkylation sites (N-methyl/N-ethyl adjacent to an activating group) is 1. The Kier molecular flexibility index (Phi) is 12.3. The summed E-state index contributed by atoms with van der Waals surface area (Å²) in [5, 5.41) is 9.35. The van der Waals surface area contributed by atoms with Gasteiger partial charge in [0.05, 0.1) is 6.54 Å². The third-order valence-corrected chi connectivity index (χ3v) is 5.91. The zero-order valence-corrected chi connectivity index (χ0v) is 19.8. The number of piperidine rings is 1. The van der Waals surface area contributed by atoms with Gasteiger partial charge in [-0.2, -0.15) is 0 Å². The van der Waals surface area contributed by atoms with Crippen molar-refractivity contribution in [3.63, 3.8) is 0 Å². The summed E-state index contributed by atoms with van der Waals surface area (Å²) in [4.78, 5) is 17.9. The Morgan fingerprint density at radius 3 is 2.54 bits per heavy atom. The zero-order chi connectivity index (χ0) is 19.5. The van der Waals surface area contributed by atoms with E-state index in [9.17, 15) is 9.00 Å². The average Bonchev–Trinajstić information content (AvgIpc) is 2.69. The van der Waals surface area contributed by atoms with Gasteiger partial charge in [-0.3, -0.25) is 18.9 Å². The van der Waals surface area contributed by atoms with E-state index < -0.39 is 10.8 Å². The molecular weight excluding hydrogens is 489 g/mol. The van der Waals surface area contributed by atoms with Gasteiger partial charge in [0, 0.05) is 62.1 Å². The number of amides is 1. The Hall–Kier alpha value is -1.20. The number of carbonyl (C=O) groups excluding carboxylic acids is 1. The van der Waals surface area contributed by atoms with Crippen molar-refractivity contribution in [3.8, 4) is 0 Å². The van der Waals surface area contributed by atoms with E-state index >= 15 is 0 Å². The van der Waals surface area contributed by atoms with Crippen molar-refractivity contribution in [2.24, 2.45) is 4.99 Å². The highest BCUT2D eigenvalue weighted by Crippen LogP contribution is 2.09. The molecule has 2 rings (SSSR count). The molecule has 3 N–H and O–H groups in total. The average molecular weight is 521 g/mol. The van der Waals surface area contributed by atoms with Gasteiger partial charge in [-0.15, -0.1) is 24.0 Å². The minimum atomic E-state index is -0.897.